The Balaban J connectivity index is 1.32. The Bertz CT molecular complexity index is 1060. The molecule has 0 aliphatic carbocycles. The van der Waals surface area contributed by atoms with Crippen LogP contribution in [0.15, 0.2) is 53.1 Å². The van der Waals surface area contributed by atoms with Crippen molar-refractivity contribution in [3.63, 3.8) is 0 Å². The quantitative estimate of drug-likeness (QED) is 0.549. The van der Waals surface area contributed by atoms with Gasteiger partial charge in [0.25, 0.3) is 11.8 Å². The lowest BCUT2D eigenvalue weighted by Crippen LogP contribution is -2.40. The zero-order valence-corrected chi connectivity index (χ0v) is 16.2. The van der Waals surface area contributed by atoms with E-state index in [0.29, 0.717) is 23.0 Å². The van der Waals surface area contributed by atoms with E-state index < -0.39 is 5.97 Å². The Morgan fingerprint density at radius 1 is 1.20 bits per heavy atom. The fraction of sp³-hybridized carbons (Fsp3) is 0.238. The highest BCUT2D eigenvalue weighted by Crippen LogP contribution is 2.31. The molecule has 3 aromatic rings. The molecule has 0 fully saturated rings. The Hall–Kier alpha value is -3.88. The lowest BCUT2D eigenvalue weighted by Gasteiger charge is -2.28. The number of aromatic nitrogens is 2. The third kappa shape index (κ3) is 4.24. The van der Waals surface area contributed by atoms with Gasteiger partial charge in [-0.3, -0.25) is 9.59 Å². The van der Waals surface area contributed by atoms with Crippen LogP contribution in [0.1, 0.15) is 12.3 Å². The van der Waals surface area contributed by atoms with Gasteiger partial charge in [-0.15, -0.1) is 0 Å². The molecular weight excluding hydrogens is 390 g/mol. The summed E-state index contributed by atoms with van der Waals surface area (Å²) >= 11 is 0. The molecule has 9 heteroatoms. The Labute approximate surface area is 172 Å². The van der Waals surface area contributed by atoms with Crippen molar-refractivity contribution in [1.29, 1.82) is 0 Å². The van der Waals surface area contributed by atoms with Crippen molar-refractivity contribution in [2.45, 2.75) is 13.0 Å². The minimum absolute atomic E-state index is 0.0248. The number of rotatable bonds is 7. The summed E-state index contributed by atoms with van der Waals surface area (Å²) in [7, 11) is 1.57. The summed E-state index contributed by atoms with van der Waals surface area (Å²) in [5, 5.41) is 3.89. The van der Waals surface area contributed by atoms with E-state index in [1.54, 1.807) is 25.3 Å². The molecule has 0 saturated heterocycles. The van der Waals surface area contributed by atoms with E-state index in [4.69, 9.17) is 18.7 Å². The van der Waals surface area contributed by atoms with Crippen LogP contribution in [-0.2, 0) is 20.9 Å². The number of carbonyl (C=O) groups excluding carboxylic acids is 2. The maximum absolute atomic E-state index is 12.1. The van der Waals surface area contributed by atoms with Gasteiger partial charge in [-0.2, -0.15) is 4.98 Å². The number of para-hydroxylation sites is 2. The first-order chi connectivity index (χ1) is 14.6. The molecule has 4 rings (SSSR count). The number of esters is 1. The molecule has 0 spiro atoms. The highest BCUT2D eigenvalue weighted by Gasteiger charge is 2.25. The van der Waals surface area contributed by atoms with Crippen molar-refractivity contribution in [1.82, 2.24) is 10.1 Å². The SMILES string of the molecule is COc1cccc(-c2noc(COC(=O)CCN3C(=O)COc4ccccc43)n2)c1. The zero-order valence-electron chi connectivity index (χ0n) is 16.2. The second kappa shape index (κ2) is 8.64. The smallest absolute Gasteiger partial charge is 0.308 e. The van der Waals surface area contributed by atoms with Gasteiger partial charge in [0.05, 0.1) is 19.2 Å². The summed E-state index contributed by atoms with van der Waals surface area (Å²) in [5.74, 6) is 1.14. The van der Waals surface area contributed by atoms with Gasteiger partial charge in [0, 0.05) is 12.1 Å². The van der Waals surface area contributed by atoms with Crippen LogP contribution in [-0.4, -0.2) is 42.3 Å². The molecule has 0 atom stereocenters. The number of hydrogen-bond acceptors (Lipinski definition) is 8. The number of anilines is 1. The van der Waals surface area contributed by atoms with Crippen LogP contribution in [0.3, 0.4) is 0 Å². The van der Waals surface area contributed by atoms with E-state index in [-0.39, 0.29) is 38.0 Å². The van der Waals surface area contributed by atoms with Gasteiger partial charge < -0.3 is 23.6 Å². The Kier molecular flexibility index (Phi) is 5.60. The number of hydrogen-bond donors (Lipinski definition) is 0. The van der Waals surface area contributed by atoms with Crippen LogP contribution >= 0.6 is 0 Å². The Morgan fingerprint density at radius 3 is 2.93 bits per heavy atom. The first-order valence-electron chi connectivity index (χ1n) is 9.29. The van der Waals surface area contributed by atoms with E-state index in [0.717, 1.165) is 5.56 Å². The molecule has 0 saturated carbocycles. The maximum atomic E-state index is 12.1. The molecule has 1 aliphatic rings. The number of ether oxygens (including phenoxy) is 3. The molecule has 0 N–H and O–H groups in total. The summed E-state index contributed by atoms with van der Waals surface area (Å²) in [6.07, 6.45) is 0.0248. The Morgan fingerprint density at radius 2 is 2.07 bits per heavy atom. The number of amides is 1. The molecule has 2 heterocycles. The first-order valence-corrected chi connectivity index (χ1v) is 9.29. The number of benzene rings is 2. The summed E-state index contributed by atoms with van der Waals surface area (Å²) in [6.45, 7) is -0.0124. The van der Waals surface area contributed by atoms with Gasteiger partial charge in [0.2, 0.25) is 5.82 Å². The van der Waals surface area contributed by atoms with Crippen LogP contribution in [0.4, 0.5) is 5.69 Å². The number of carbonyl (C=O) groups is 2. The largest absolute Gasteiger partial charge is 0.497 e. The minimum Gasteiger partial charge on any atom is -0.497 e. The van der Waals surface area contributed by atoms with Crippen molar-refractivity contribution in [3.8, 4) is 22.9 Å². The minimum atomic E-state index is -0.479. The fourth-order valence-electron chi connectivity index (χ4n) is 3.01. The molecular formula is C21H19N3O6. The highest BCUT2D eigenvalue weighted by atomic mass is 16.6. The van der Waals surface area contributed by atoms with Crippen LogP contribution in [0.2, 0.25) is 0 Å². The van der Waals surface area contributed by atoms with E-state index in [9.17, 15) is 9.59 Å². The molecule has 1 aliphatic heterocycles. The summed E-state index contributed by atoms with van der Waals surface area (Å²) in [6, 6.07) is 14.4. The molecule has 1 amide bonds. The van der Waals surface area contributed by atoms with Crippen molar-refractivity contribution in [3.05, 3.63) is 54.4 Å². The number of methoxy groups -OCH3 is 1. The average molecular weight is 409 g/mol. The predicted octanol–water partition coefficient (Wildman–Crippen LogP) is 2.60. The van der Waals surface area contributed by atoms with Crippen molar-refractivity contribution < 1.29 is 28.3 Å². The summed E-state index contributed by atoms with van der Waals surface area (Å²) < 4.78 is 20.9. The van der Waals surface area contributed by atoms with Gasteiger partial charge in [-0.05, 0) is 24.3 Å². The van der Waals surface area contributed by atoms with Crippen molar-refractivity contribution >= 4 is 17.6 Å². The third-order valence-electron chi connectivity index (χ3n) is 4.50. The lowest BCUT2D eigenvalue weighted by molar-refractivity contribution is -0.145. The van der Waals surface area contributed by atoms with Crippen LogP contribution in [0, 0.1) is 0 Å². The monoisotopic (exact) mass is 409 g/mol. The van der Waals surface area contributed by atoms with E-state index in [1.165, 1.54) is 4.90 Å². The second-order valence-corrected chi connectivity index (χ2v) is 6.46. The van der Waals surface area contributed by atoms with E-state index in [2.05, 4.69) is 10.1 Å². The first kappa shape index (κ1) is 19.4. The van der Waals surface area contributed by atoms with Gasteiger partial charge in [-0.25, -0.2) is 0 Å². The molecule has 9 nitrogen and oxygen atoms in total. The van der Waals surface area contributed by atoms with Gasteiger partial charge in [-0.1, -0.05) is 29.4 Å². The van der Waals surface area contributed by atoms with Gasteiger partial charge in [0.1, 0.15) is 11.5 Å². The number of fused-ring (bicyclic) bond motifs is 1. The van der Waals surface area contributed by atoms with Gasteiger partial charge in [0.15, 0.2) is 13.2 Å². The molecule has 0 radical (unpaired) electrons. The topological polar surface area (TPSA) is 104 Å². The summed E-state index contributed by atoms with van der Waals surface area (Å²) in [4.78, 5) is 30.0. The molecule has 30 heavy (non-hydrogen) atoms. The highest BCUT2D eigenvalue weighted by molar-refractivity contribution is 5.98. The van der Waals surface area contributed by atoms with E-state index in [1.807, 2.05) is 30.3 Å². The average Bonchev–Trinajstić information content (AvgIpc) is 3.26. The fourth-order valence-corrected chi connectivity index (χ4v) is 3.01. The van der Waals surface area contributed by atoms with Crippen LogP contribution in [0.5, 0.6) is 11.5 Å². The van der Waals surface area contributed by atoms with E-state index >= 15 is 0 Å². The maximum Gasteiger partial charge on any atom is 0.308 e. The van der Waals surface area contributed by atoms with Crippen LogP contribution < -0.4 is 14.4 Å². The van der Waals surface area contributed by atoms with Crippen LogP contribution in [0.25, 0.3) is 11.4 Å². The molecule has 1 aromatic heterocycles. The van der Waals surface area contributed by atoms with Crippen molar-refractivity contribution in [2.75, 3.05) is 25.2 Å². The zero-order chi connectivity index (χ0) is 20.9. The molecule has 154 valence electrons. The number of nitrogens with zero attached hydrogens (tertiary/aromatic N) is 3. The molecule has 0 unspecified atom stereocenters. The second-order valence-electron chi connectivity index (χ2n) is 6.46. The summed E-state index contributed by atoms with van der Waals surface area (Å²) in [5.41, 5.74) is 1.36. The molecule has 2 aromatic carbocycles. The normalized spacial score (nSPS) is 12.8. The molecule has 0 bridgehead atoms. The van der Waals surface area contributed by atoms with Gasteiger partial charge >= 0.3 is 5.97 Å². The van der Waals surface area contributed by atoms with Crippen molar-refractivity contribution in [2.24, 2.45) is 0 Å². The predicted molar refractivity (Wildman–Crippen MR) is 105 cm³/mol. The lowest BCUT2D eigenvalue weighted by atomic mass is 10.2. The standard InChI is InChI=1S/C21H19N3O6/c1-27-15-6-4-5-14(11-15)21-22-18(30-23-21)12-29-20(26)9-10-24-16-7-2-3-8-17(16)28-13-19(24)25/h2-8,11H,9-10,12-13H2,1H3. The third-order valence-corrected chi connectivity index (χ3v) is 4.50.